The van der Waals surface area contributed by atoms with E-state index in [0.717, 1.165) is 0 Å². The third kappa shape index (κ3) is 2.22. The third-order valence-corrected chi connectivity index (χ3v) is 4.57. The fourth-order valence-corrected chi connectivity index (χ4v) is 3.48. The van der Waals surface area contributed by atoms with Gasteiger partial charge in [0.2, 0.25) is 5.91 Å². The van der Waals surface area contributed by atoms with Crippen molar-refractivity contribution in [1.29, 1.82) is 0 Å². The van der Waals surface area contributed by atoms with Gasteiger partial charge in [-0.15, -0.1) is 0 Å². The number of hydrogen-bond acceptors (Lipinski definition) is 2. The number of aliphatic carboxylic acids is 1. The number of carboxylic acid groups (broad SMARTS) is 1. The molecule has 0 radical (unpaired) electrons. The number of nitrogens with one attached hydrogen (secondary N) is 1. The van der Waals surface area contributed by atoms with E-state index in [-0.39, 0.29) is 17.7 Å². The summed E-state index contributed by atoms with van der Waals surface area (Å²) in [5.74, 6) is -3.05. The van der Waals surface area contributed by atoms with Crippen LogP contribution in [0.5, 0.6) is 0 Å². The lowest BCUT2D eigenvalue weighted by molar-refractivity contribution is -0.146. The van der Waals surface area contributed by atoms with E-state index in [9.17, 15) is 19.1 Å². The molecule has 0 spiro atoms. The van der Waals surface area contributed by atoms with Crippen LogP contribution < -0.4 is 5.32 Å². The van der Waals surface area contributed by atoms with Crippen LogP contribution in [0.4, 0.5) is 10.1 Å². The fourth-order valence-electron chi connectivity index (χ4n) is 3.48. The number of hydrogen-bond donors (Lipinski definition) is 2. The SMILES string of the molecule is Cc1c(F)cccc1NC(=O)C1C2C=CC(C2)C1C(=O)O. The number of carboxylic acids is 1. The number of halogens is 1. The Morgan fingerprint density at radius 2 is 1.90 bits per heavy atom. The average Bonchev–Trinajstić information content (AvgIpc) is 3.04. The first-order valence-electron chi connectivity index (χ1n) is 6.96. The molecule has 2 aliphatic rings. The lowest BCUT2D eigenvalue weighted by Gasteiger charge is -2.24. The van der Waals surface area contributed by atoms with Gasteiger partial charge in [-0.3, -0.25) is 9.59 Å². The van der Waals surface area contributed by atoms with Crippen LogP contribution in [0.3, 0.4) is 0 Å². The molecule has 0 aliphatic heterocycles. The molecule has 1 saturated carbocycles. The summed E-state index contributed by atoms with van der Waals surface area (Å²) in [5, 5.41) is 12.0. The second kappa shape index (κ2) is 4.98. The highest BCUT2D eigenvalue weighted by Crippen LogP contribution is 2.48. The number of allylic oxidation sites excluding steroid dienone is 2. The zero-order valence-corrected chi connectivity index (χ0v) is 11.5. The summed E-state index contributed by atoms with van der Waals surface area (Å²) in [6.07, 6.45) is 4.52. The van der Waals surface area contributed by atoms with Crippen molar-refractivity contribution < 1.29 is 19.1 Å². The molecule has 5 heteroatoms. The Morgan fingerprint density at radius 3 is 2.57 bits per heavy atom. The van der Waals surface area contributed by atoms with Crippen molar-refractivity contribution in [3.63, 3.8) is 0 Å². The molecule has 1 aromatic carbocycles. The standard InChI is InChI=1S/C16H16FNO3/c1-8-11(17)3-2-4-12(8)18-15(19)13-9-5-6-10(7-9)14(13)16(20)21/h2-6,9-10,13-14H,7H2,1H3,(H,18,19)(H,20,21). The first-order chi connectivity index (χ1) is 9.99. The van der Waals surface area contributed by atoms with E-state index >= 15 is 0 Å². The molecule has 1 aromatic rings. The molecule has 4 nitrogen and oxygen atoms in total. The van der Waals surface area contributed by atoms with Crippen LogP contribution in [-0.2, 0) is 9.59 Å². The normalized spacial score (nSPS) is 29.6. The first kappa shape index (κ1) is 13.8. The maximum atomic E-state index is 13.5. The monoisotopic (exact) mass is 289 g/mol. The molecule has 4 atom stereocenters. The van der Waals surface area contributed by atoms with Crippen molar-refractivity contribution in [1.82, 2.24) is 0 Å². The maximum absolute atomic E-state index is 13.5. The van der Waals surface area contributed by atoms with Crippen molar-refractivity contribution >= 4 is 17.6 Å². The van der Waals surface area contributed by atoms with Gasteiger partial charge in [0.05, 0.1) is 11.8 Å². The number of anilines is 1. The van der Waals surface area contributed by atoms with Crippen LogP contribution in [0.15, 0.2) is 30.4 Å². The van der Waals surface area contributed by atoms with Gasteiger partial charge in [0.25, 0.3) is 0 Å². The third-order valence-electron chi connectivity index (χ3n) is 4.57. The van der Waals surface area contributed by atoms with E-state index in [1.54, 1.807) is 13.0 Å². The largest absolute Gasteiger partial charge is 0.481 e. The van der Waals surface area contributed by atoms with Crippen LogP contribution in [0.1, 0.15) is 12.0 Å². The summed E-state index contributed by atoms with van der Waals surface area (Å²) in [5.41, 5.74) is 0.757. The second-order valence-corrected chi connectivity index (χ2v) is 5.74. The summed E-state index contributed by atoms with van der Waals surface area (Å²) in [4.78, 5) is 23.9. The predicted molar refractivity (Wildman–Crippen MR) is 75.1 cm³/mol. The summed E-state index contributed by atoms with van der Waals surface area (Å²) in [7, 11) is 0. The lowest BCUT2D eigenvalue weighted by Crippen LogP contribution is -2.36. The molecule has 110 valence electrons. The number of rotatable bonds is 3. The quantitative estimate of drug-likeness (QED) is 0.841. The van der Waals surface area contributed by atoms with Gasteiger partial charge in [0, 0.05) is 11.3 Å². The molecule has 0 aromatic heterocycles. The average molecular weight is 289 g/mol. The van der Waals surface area contributed by atoms with Crippen LogP contribution in [0.25, 0.3) is 0 Å². The molecule has 3 rings (SSSR count). The Kier molecular flexibility index (Phi) is 3.27. The van der Waals surface area contributed by atoms with Crippen molar-refractivity contribution in [2.45, 2.75) is 13.3 Å². The topological polar surface area (TPSA) is 66.4 Å². The summed E-state index contributed by atoms with van der Waals surface area (Å²) >= 11 is 0. The van der Waals surface area contributed by atoms with E-state index in [1.807, 2.05) is 12.2 Å². The van der Waals surface area contributed by atoms with Gasteiger partial charge < -0.3 is 10.4 Å². The van der Waals surface area contributed by atoms with Gasteiger partial charge in [0.1, 0.15) is 5.82 Å². The van der Waals surface area contributed by atoms with Crippen molar-refractivity contribution in [3.8, 4) is 0 Å². The minimum Gasteiger partial charge on any atom is -0.481 e. The highest BCUT2D eigenvalue weighted by atomic mass is 19.1. The Bertz CT molecular complexity index is 640. The number of carbonyl (C=O) groups excluding carboxylic acids is 1. The molecule has 1 amide bonds. The molecule has 2 bridgehead atoms. The van der Waals surface area contributed by atoms with Crippen molar-refractivity contribution in [2.75, 3.05) is 5.32 Å². The highest BCUT2D eigenvalue weighted by molar-refractivity contribution is 5.96. The van der Waals surface area contributed by atoms with Crippen LogP contribution in [-0.4, -0.2) is 17.0 Å². The van der Waals surface area contributed by atoms with Crippen LogP contribution in [0.2, 0.25) is 0 Å². The van der Waals surface area contributed by atoms with Gasteiger partial charge in [-0.2, -0.15) is 0 Å². The zero-order valence-electron chi connectivity index (χ0n) is 11.5. The van der Waals surface area contributed by atoms with E-state index < -0.39 is 23.6 Å². The highest BCUT2D eigenvalue weighted by Gasteiger charge is 2.51. The van der Waals surface area contributed by atoms with Gasteiger partial charge in [-0.1, -0.05) is 18.2 Å². The predicted octanol–water partition coefficient (Wildman–Crippen LogP) is 2.60. The lowest BCUT2D eigenvalue weighted by atomic mass is 9.82. The molecular weight excluding hydrogens is 273 g/mol. The smallest absolute Gasteiger partial charge is 0.307 e. The summed E-state index contributed by atoms with van der Waals surface area (Å²) < 4.78 is 13.5. The molecule has 4 unspecified atom stereocenters. The minimum atomic E-state index is -0.942. The number of fused-ring (bicyclic) bond motifs is 2. The summed E-state index contributed by atoms with van der Waals surface area (Å²) in [6, 6.07) is 4.47. The molecule has 21 heavy (non-hydrogen) atoms. The molecule has 0 saturated heterocycles. The minimum absolute atomic E-state index is 0.0371. The van der Waals surface area contributed by atoms with Gasteiger partial charge in [-0.25, -0.2) is 4.39 Å². The van der Waals surface area contributed by atoms with Gasteiger partial charge >= 0.3 is 5.97 Å². The van der Waals surface area contributed by atoms with Crippen LogP contribution in [0, 0.1) is 36.4 Å². The number of benzene rings is 1. The van der Waals surface area contributed by atoms with Crippen LogP contribution >= 0.6 is 0 Å². The van der Waals surface area contributed by atoms with E-state index in [0.29, 0.717) is 17.7 Å². The Morgan fingerprint density at radius 1 is 1.24 bits per heavy atom. The Labute approximate surface area is 121 Å². The fraction of sp³-hybridized carbons (Fsp3) is 0.375. The number of carbonyl (C=O) groups is 2. The van der Waals surface area contributed by atoms with E-state index in [4.69, 9.17) is 0 Å². The molecule has 0 heterocycles. The molecular formula is C16H16FNO3. The molecule has 2 N–H and O–H groups in total. The number of amides is 1. The molecule has 1 fully saturated rings. The molecule has 2 aliphatic carbocycles. The summed E-state index contributed by atoms with van der Waals surface area (Å²) in [6.45, 7) is 1.58. The Balaban J connectivity index is 1.84. The van der Waals surface area contributed by atoms with Crippen molar-refractivity contribution in [2.24, 2.45) is 23.7 Å². The maximum Gasteiger partial charge on any atom is 0.307 e. The van der Waals surface area contributed by atoms with Gasteiger partial charge in [0.15, 0.2) is 0 Å². The Hall–Kier alpha value is -2.17. The van der Waals surface area contributed by atoms with E-state index in [1.165, 1.54) is 12.1 Å². The zero-order chi connectivity index (χ0) is 15.1. The second-order valence-electron chi connectivity index (χ2n) is 5.74. The van der Waals surface area contributed by atoms with E-state index in [2.05, 4.69) is 5.32 Å². The van der Waals surface area contributed by atoms with Gasteiger partial charge in [-0.05, 0) is 37.3 Å². The van der Waals surface area contributed by atoms with Crippen molar-refractivity contribution in [3.05, 3.63) is 41.7 Å². The first-order valence-corrected chi connectivity index (χ1v) is 6.96.